The molecular formula is C26H28ClNO4. The number of carbonyl (C=O) groups excluding carboxylic acids is 2. The van der Waals surface area contributed by atoms with E-state index in [1.807, 2.05) is 26.0 Å². The molecule has 2 aromatic rings. The highest BCUT2D eigenvalue weighted by molar-refractivity contribution is 6.46. The molecule has 1 saturated heterocycles. The summed E-state index contributed by atoms with van der Waals surface area (Å²) in [5.41, 5.74) is 1.32. The molecule has 1 unspecified atom stereocenters. The van der Waals surface area contributed by atoms with Crippen molar-refractivity contribution in [2.24, 2.45) is 0 Å². The minimum absolute atomic E-state index is 0.0261. The van der Waals surface area contributed by atoms with Gasteiger partial charge in [0.25, 0.3) is 11.7 Å². The molecule has 2 aromatic carbocycles. The van der Waals surface area contributed by atoms with Gasteiger partial charge < -0.3 is 14.7 Å². The van der Waals surface area contributed by atoms with Crippen molar-refractivity contribution < 1.29 is 19.4 Å². The zero-order chi connectivity index (χ0) is 22.8. The summed E-state index contributed by atoms with van der Waals surface area (Å²) in [6, 6.07) is 13.4. The second kappa shape index (κ2) is 9.37. The first kappa shape index (κ1) is 22.4. The van der Waals surface area contributed by atoms with E-state index in [9.17, 15) is 14.7 Å². The summed E-state index contributed by atoms with van der Waals surface area (Å²) >= 11 is 6.09. The van der Waals surface area contributed by atoms with E-state index in [0.717, 1.165) is 37.7 Å². The van der Waals surface area contributed by atoms with Crippen LogP contribution in [0.25, 0.3) is 5.76 Å². The molecule has 6 heteroatoms. The zero-order valence-corrected chi connectivity index (χ0v) is 19.1. The van der Waals surface area contributed by atoms with E-state index in [4.69, 9.17) is 16.3 Å². The number of halogens is 1. The van der Waals surface area contributed by atoms with Crippen molar-refractivity contribution in [1.29, 1.82) is 0 Å². The predicted molar refractivity (Wildman–Crippen MR) is 125 cm³/mol. The first-order valence-electron chi connectivity index (χ1n) is 11.2. The van der Waals surface area contributed by atoms with E-state index < -0.39 is 17.7 Å². The maximum atomic E-state index is 13.2. The number of nitrogens with zero attached hydrogens (tertiary/aromatic N) is 1. The number of ketones is 1. The van der Waals surface area contributed by atoms with Gasteiger partial charge in [-0.15, -0.1) is 0 Å². The van der Waals surface area contributed by atoms with Gasteiger partial charge in [0.15, 0.2) is 0 Å². The maximum absolute atomic E-state index is 13.2. The molecule has 1 saturated carbocycles. The number of amides is 1. The Balaban J connectivity index is 1.83. The van der Waals surface area contributed by atoms with Gasteiger partial charge in [-0.1, -0.05) is 55.1 Å². The number of carbonyl (C=O) groups is 2. The lowest BCUT2D eigenvalue weighted by Crippen LogP contribution is -2.40. The SMILES string of the molecule is CC(C)Oc1cccc(/C(O)=C2/C(=O)C(=O)N(C3CCCCC3)C2c2ccc(Cl)cc2)c1. The molecule has 1 aliphatic carbocycles. The van der Waals surface area contributed by atoms with Gasteiger partial charge in [-0.2, -0.15) is 0 Å². The molecule has 1 amide bonds. The summed E-state index contributed by atoms with van der Waals surface area (Å²) in [7, 11) is 0. The fourth-order valence-electron chi connectivity index (χ4n) is 4.70. The molecule has 0 aromatic heterocycles. The van der Waals surface area contributed by atoms with Gasteiger partial charge in [0.2, 0.25) is 0 Å². The molecule has 0 bridgehead atoms. The average Bonchev–Trinajstić information content (AvgIpc) is 3.05. The van der Waals surface area contributed by atoms with Gasteiger partial charge in [-0.05, 0) is 56.5 Å². The number of benzene rings is 2. The van der Waals surface area contributed by atoms with Crippen LogP contribution in [-0.2, 0) is 9.59 Å². The van der Waals surface area contributed by atoms with Crippen molar-refractivity contribution >= 4 is 29.1 Å². The van der Waals surface area contributed by atoms with Crippen molar-refractivity contribution in [3.8, 4) is 5.75 Å². The van der Waals surface area contributed by atoms with E-state index in [1.54, 1.807) is 41.3 Å². The zero-order valence-electron chi connectivity index (χ0n) is 18.4. The number of ether oxygens (including phenoxy) is 1. The van der Waals surface area contributed by atoms with E-state index >= 15 is 0 Å². The molecule has 0 spiro atoms. The molecule has 4 rings (SSSR count). The fraction of sp³-hybridized carbons (Fsp3) is 0.385. The molecule has 1 N–H and O–H groups in total. The number of likely N-dealkylation sites (tertiary alicyclic amines) is 1. The third-order valence-corrected chi connectivity index (χ3v) is 6.37. The van der Waals surface area contributed by atoms with Crippen LogP contribution >= 0.6 is 11.6 Å². The average molecular weight is 454 g/mol. The van der Waals surface area contributed by atoms with Crippen molar-refractivity contribution in [3.63, 3.8) is 0 Å². The number of rotatable bonds is 5. The van der Waals surface area contributed by atoms with Gasteiger partial charge >= 0.3 is 0 Å². The fourth-order valence-corrected chi connectivity index (χ4v) is 4.83. The first-order valence-corrected chi connectivity index (χ1v) is 11.6. The Hall–Kier alpha value is -2.79. The van der Waals surface area contributed by atoms with Crippen LogP contribution in [0.3, 0.4) is 0 Å². The maximum Gasteiger partial charge on any atom is 0.295 e. The number of hydrogen-bond acceptors (Lipinski definition) is 4. The quantitative estimate of drug-likeness (QED) is 0.348. The van der Waals surface area contributed by atoms with Gasteiger partial charge in [0.05, 0.1) is 17.7 Å². The van der Waals surface area contributed by atoms with Crippen molar-refractivity contribution in [2.75, 3.05) is 0 Å². The highest BCUT2D eigenvalue weighted by Gasteiger charge is 2.48. The third kappa shape index (κ3) is 4.40. The van der Waals surface area contributed by atoms with Crippen LogP contribution in [0.5, 0.6) is 5.75 Å². The van der Waals surface area contributed by atoms with Crippen molar-refractivity contribution in [3.05, 3.63) is 70.3 Å². The Morgan fingerprint density at radius 2 is 1.75 bits per heavy atom. The standard InChI is InChI=1S/C26H28ClNO4/c1-16(2)32-21-10-6-7-18(15-21)24(29)22-23(17-11-13-19(27)14-12-17)28(26(31)25(22)30)20-8-4-3-5-9-20/h6-7,10-16,20,23,29H,3-5,8-9H2,1-2H3/b24-22-. The molecule has 2 aliphatic rings. The molecule has 5 nitrogen and oxygen atoms in total. The largest absolute Gasteiger partial charge is 0.507 e. The highest BCUT2D eigenvalue weighted by Crippen LogP contribution is 2.43. The second-order valence-corrected chi connectivity index (χ2v) is 9.18. The van der Waals surface area contributed by atoms with Crippen LogP contribution in [0, 0.1) is 0 Å². The Kier molecular flexibility index (Phi) is 6.56. The molecule has 2 fully saturated rings. The Morgan fingerprint density at radius 1 is 1.06 bits per heavy atom. The smallest absolute Gasteiger partial charge is 0.295 e. The Morgan fingerprint density at radius 3 is 2.41 bits per heavy atom. The van der Waals surface area contributed by atoms with Crippen LogP contribution in [-0.4, -0.2) is 33.8 Å². The molecule has 1 aliphatic heterocycles. The van der Waals surface area contributed by atoms with Gasteiger partial charge in [-0.25, -0.2) is 0 Å². The summed E-state index contributed by atoms with van der Waals surface area (Å²) in [6.07, 6.45) is 4.86. The van der Waals surface area contributed by atoms with Crippen LogP contribution in [0.4, 0.5) is 0 Å². The molecule has 1 heterocycles. The lowest BCUT2D eigenvalue weighted by atomic mass is 9.91. The van der Waals surface area contributed by atoms with Crippen molar-refractivity contribution in [2.45, 2.75) is 64.1 Å². The second-order valence-electron chi connectivity index (χ2n) is 8.74. The molecular weight excluding hydrogens is 426 g/mol. The molecule has 0 radical (unpaired) electrons. The van der Waals surface area contributed by atoms with E-state index in [2.05, 4.69) is 0 Å². The van der Waals surface area contributed by atoms with Gasteiger partial charge in [0.1, 0.15) is 11.5 Å². The summed E-state index contributed by atoms with van der Waals surface area (Å²) in [5, 5.41) is 11.8. The normalized spacial score (nSPS) is 21.4. The summed E-state index contributed by atoms with van der Waals surface area (Å²) < 4.78 is 5.75. The topological polar surface area (TPSA) is 66.8 Å². The van der Waals surface area contributed by atoms with Crippen LogP contribution in [0.2, 0.25) is 5.02 Å². The number of aliphatic hydroxyl groups excluding tert-OH is 1. The van der Waals surface area contributed by atoms with Gasteiger partial charge in [0, 0.05) is 16.6 Å². The Bertz CT molecular complexity index is 1040. The predicted octanol–water partition coefficient (Wildman–Crippen LogP) is 5.88. The molecule has 168 valence electrons. The van der Waals surface area contributed by atoms with Crippen LogP contribution in [0.15, 0.2) is 54.1 Å². The molecule has 32 heavy (non-hydrogen) atoms. The summed E-state index contributed by atoms with van der Waals surface area (Å²) in [6.45, 7) is 3.84. The van der Waals surface area contributed by atoms with Crippen molar-refractivity contribution in [1.82, 2.24) is 4.90 Å². The minimum atomic E-state index is -0.650. The Labute approximate surface area is 193 Å². The highest BCUT2D eigenvalue weighted by atomic mass is 35.5. The lowest BCUT2D eigenvalue weighted by Gasteiger charge is -2.35. The number of hydrogen-bond donors (Lipinski definition) is 1. The van der Waals surface area contributed by atoms with Crippen LogP contribution in [0.1, 0.15) is 63.1 Å². The number of aliphatic hydroxyl groups is 1. The minimum Gasteiger partial charge on any atom is -0.507 e. The number of Topliss-reactive ketones (excluding diaryl/α,β-unsaturated/α-hetero) is 1. The van der Waals surface area contributed by atoms with Gasteiger partial charge in [-0.3, -0.25) is 9.59 Å². The molecule has 1 atom stereocenters. The van der Waals surface area contributed by atoms with E-state index in [-0.39, 0.29) is 23.5 Å². The van der Waals surface area contributed by atoms with E-state index in [1.165, 1.54) is 0 Å². The van der Waals surface area contributed by atoms with Crippen LogP contribution < -0.4 is 4.74 Å². The van der Waals surface area contributed by atoms with E-state index in [0.29, 0.717) is 16.3 Å². The third-order valence-electron chi connectivity index (χ3n) is 6.11. The first-order chi connectivity index (χ1) is 15.4. The summed E-state index contributed by atoms with van der Waals surface area (Å²) in [4.78, 5) is 28.1. The summed E-state index contributed by atoms with van der Waals surface area (Å²) in [5.74, 6) is -0.791. The lowest BCUT2D eigenvalue weighted by molar-refractivity contribution is -0.141. The monoisotopic (exact) mass is 453 g/mol.